The van der Waals surface area contributed by atoms with E-state index in [2.05, 4.69) is 46.8 Å². The second-order valence-electron chi connectivity index (χ2n) is 8.09. The van der Waals surface area contributed by atoms with Crippen LogP contribution in [-0.2, 0) is 30.4 Å². The predicted octanol–water partition coefficient (Wildman–Crippen LogP) is 1.76. The van der Waals surface area contributed by atoms with Crippen molar-refractivity contribution in [3.8, 4) is 0 Å². The molecule has 9 nitrogen and oxygen atoms in total. The van der Waals surface area contributed by atoms with E-state index in [9.17, 15) is 0 Å². The first kappa shape index (κ1) is 21.9. The Kier molecular flexibility index (Phi) is 7.85. The zero-order valence-corrected chi connectivity index (χ0v) is 18.8. The molecule has 27 heavy (non-hydrogen) atoms. The highest BCUT2D eigenvalue weighted by Crippen LogP contribution is 2.24. The minimum atomic E-state index is -1.74. The molecule has 0 aliphatic heterocycles. The standard InChI is InChI=1S/C16H32N6O3Si2/c1-26(2,9-5-7-21-11-15(13-23)17-19-21)25-27(3,4)10-6-8-22-12-16(14-24)18-20-22/h11-12,23-24H,5-10,13-14H2,1-4H3. The van der Waals surface area contributed by atoms with Gasteiger partial charge in [0.1, 0.15) is 11.4 Å². The lowest BCUT2D eigenvalue weighted by Crippen LogP contribution is -2.44. The van der Waals surface area contributed by atoms with Crippen molar-refractivity contribution >= 4 is 16.6 Å². The molecule has 2 rings (SSSR count). The lowest BCUT2D eigenvalue weighted by Gasteiger charge is -2.34. The van der Waals surface area contributed by atoms with E-state index in [-0.39, 0.29) is 13.2 Å². The Morgan fingerprint density at radius 2 is 1.22 bits per heavy atom. The summed E-state index contributed by atoms with van der Waals surface area (Å²) in [5.41, 5.74) is 1.21. The molecule has 2 aromatic heterocycles. The van der Waals surface area contributed by atoms with Crippen LogP contribution in [0.1, 0.15) is 24.2 Å². The van der Waals surface area contributed by atoms with E-state index in [1.807, 2.05) is 0 Å². The molecule has 0 atom stereocenters. The van der Waals surface area contributed by atoms with E-state index in [4.69, 9.17) is 14.3 Å². The Balaban J connectivity index is 1.72. The van der Waals surface area contributed by atoms with Crippen molar-refractivity contribution in [3.63, 3.8) is 0 Å². The van der Waals surface area contributed by atoms with Crippen molar-refractivity contribution in [2.45, 2.75) is 77.4 Å². The molecule has 0 saturated carbocycles. The maximum atomic E-state index is 9.05. The van der Waals surface area contributed by atoms with Gasteiger partial charge in [-0.05, 0) is 51.1 Å². The fourth-order valence-electron chi connectivity index (χ4n) is 3.22. The maximum Gasteiger partial charge on any atom is 0.173 e. The van der Waals surface area contributed by atoms with Crippen LogP contribution in [0.25, 0.3) is 0 Å². The third kappa shape index (κ3) is 7.62. The zero-order valence-electron chi connectivity index (χ0n) is 16.8. The first-order chi connectivity index (χ1) is 12.7. The molecule has 0 aromatic carbocycles. The summed E-state index contributed by atoms with van der Waals surface area (Å²) in [5.74, 6) is 0. The normalized spacial score (nSPS) is 12.7. The summed E-state index contributed by atoms with van der Waals surface area (Å²) < 4.78 is 10.2. The number of nitrogens with zero attached hydrogens (tertiary/aromatic N) is 6. The molecule has 152 valence electrons. The summed E-state index contributed by atoms with van der Waals surface area (Å²) in [6, 6.07) is 2.14. The van der Waals surface area contributed by atoms with Gasteiger partial charge in [0.15, 0.2) is 16.6 Å². The van der Waals surface area contributed by atoms with Gasteiger partial charge in [0, 0.05) is 13.1 Å². The second kappa shape index (κ2) is 9.69. The van der Waals surface area contributed by atoms with Gasteiger partial charge >= 0.3 is 0 Å². The molecule has 0 fully saturated rings. The van der Waals surface area contributed by atoms with Gasteiger partial charge in [0.05, 0.1) is 25.6 Å². The molecular formula is C16H32N6O3Si2. The van der Waals surface area contributed by atoms with Crippen LogP contribution in [0.2, 0.25) is 38.3 Å². The van der Waals surface area contributed by atoms with Gasteiger partial charge in [-0.3, -0.25) is 9.36 Å². The first-order valence-corrected chi connectivity index (χ1v) is 15.7. The number of hydrogen-bond acceptors (Lipinski definition) is 7. The van der Waals surface area contributed by atoms with E-state index in [1.54, 1.807) is 21.8 Å². The largest absolute Gasteiger partial charge is 0.455 e. The smallest absolute Gasteiger partial charge is 0.173 e. The SMILES string of the molecule is C[Si](C)(CCCn1cc(CO)nn1)O[Si](C)(C)CCCn1cc(CO)nn1. The van der Waals surface area contributed by atoms with Crippen molar-refractivity contribution in [3.05, 3.63) is 23.8 Å². The molecule has 0 amide bonds. The van der Waals surface area contributed by atoms with Gasteiger partial charge in [-0.1, -0.05) is 10.4 Å². The molecule has 2 heterocycles. The van der Waals surface area contributed by atoms with Crippen LogP contribution in [0.15, 0.2) is 12.4 Å². The van der Waals surface area contributed by atoms with Gasteiger partial charge in [-0.25, -0.2) is 0 Å². The lowest BCUT2D eigenvalue weighted by molar-refractivity contribution is 0.276. The number of aliphatic hydroxyl groups excluding tert-OH is 2. The molecule has 0 spiro atoms. The number of aromatic nitrogens is 6. The van der Waals surface area contributed by atoms with Crippen LogP contribution >= 0.6 is 0 Å². The van der Waals surface area contributed by atoms with Crippen LogP contribution in [0.5, 0.6) is 0 Å². The second-order valence-corrected chi connectivity index (χ2v) is 16.9. The van der Waals surface area contributed by atoms with E-state index in [0.29, 0.717) is 11.4 Å². The Morgan fingerprint density at radius 3 is 1.56 bits per heavy atom. The maximum absolute atomic E-state index is 9.05. The number of aryl methyl sites for hydroxylation is 2. The molecular weight excluding hydrogens is 380 g/mol. The van der Waals surface area contributed by atoms with Gasteiger partial charge in [0.2, 0.25) is 0 Å². The Labute approximate surface area is 162 Å². The summed E-state index contributed by atoms with van der Waals surface area (Å²) in [6.45, 7) is 10.6. The zero-order chi connectivity index (χ0) is 19.9. The Hall–Kier alpha value is -1.41. The summed E-state index contributed by atoms with van der Waals surface area (Å²) in [6.07, 6.45) is 5.59. The fourth-order valence-corrected chi connectivity index (χ4v) is 12.0. The summed E-state index contributed by atoms with van der Waals surface area (Å²) >= 11 is 0. The summed E-state index contributed by atoms with van der Waals surface area (Å²) in [7, 11) is -3.48. The molecule has 0 bridgehead atoms. The molecule has 11 heteroatoms. The van der Waals surface area contributed by atoms with Crippen molar-refractivity contribution in [1.29, 1.82) is 0 Å². The number of rotatable bonds is 12. The van der Waals surface area contributed by atoms with Crippen LogP contribution in [0, 0.1) is 0 Å². The topological polar surface area (TPSA) is 111 Å². The van der Waals surface area contributed by atoms with Gasteiger partial charge in [-0.15, -0.1) is 10.2 Å². The van der Waals surface area contributed by atoms with E-state index in [0.717, 1.165) is 38.0 Å². The van der Waals surface area contributed by atoms with Crippen LogP contribution in [-0.4, -0.2) is 56.8 Å². The molecule has 0 unspecified atom stereocenters. The predicted molar refractivity (Wildman–Crippen MR) is 107 cm³/mol. The quantitative estimate of drug-likeness (QED) is 0.511. The lowest BCUT2D eigenvalue weighted by atomic mass is 10.5. The van der Waals surface area contributed by atoms with E-state index < -0.39 is 16.6 Å². The van der Waals surface area contributed by atoms with E-state index in [1.165, 1.54) is 0 Å². The average molecular weight is 413 g/mol. The van der Waals surface area contributed by atoms with Crippen molar-refractivity contribution < 1.29 is 14.3 Å². The minimum Gasteiger partial charge on any atom is -0.455 e. The monoisotopic (exact) mass is 412 g/mol. The van der Waals surface area contributed by atoms with Crippen molar-refractivity contribution in [2.24, 2.45) is 0 Å². The molecule has 0 aliphatic carbocycles. The molecule has 0 saturated heterocycles. The van der Waals surface area contributed by atoms with Crippen molar-refractivity contribution in [1.82, 2.24) is 30.0 Å². The third-order valence-corrected chi connectivity index (χ3v) is 11.9. The van der Waals surface area contributed by atoms with Crippen LogP contribution in [0.3, 0.4) is 0 Å². The highest BCUT2D eigenvalue weighted by Gasteiger charge is 2.32. The summed E-state index contributed by atoms with van der Waals surface area (Å²) in [5, 5.41) is 33.9. The number of aliphatic hydroxyl groups is 2. The Bertz CT molecular complexity index is 646. The van der Waals surface area contributed by atoms with E-state index >= 15 is 0 Å². The highest BCUT2D eigenvalue weighted by molar-refractivity contribution is 6.84. The van der Waals surface area contributed by atoms with Gasteiger partial charge < -0.3 is 14.3 Å². The first-order valence-electron chi connectivity index (χ1n) is 9.43. The fraction of sp³-hybridized carbons (Fsp3) is 0.750. The number of hydrogen-bond donors (Lipinski definition) is 2. The van der Waals surface area contributed by atoms with Gasteiger partial charge in [-0.2, -0.15) is 0 Å². The van der Waals surface area contributed by atoms with Crippen LogP contribution < -0.4 is 0 Å². The van der Waals surface area contributed by atoms with Gasteiger partial charge in [0.25, 0.3) is 0 Å². The molecule has 2 aromatic rings. The summed E-state index contributed by atoms with van der Waals surface area (Å²) in [4.78, 5) is 0. The third-order valence-electron chi connectivity index (χ3n) is 4.38. The Morgan fingerprint density at radius 1 is 0.815 bits per heavy atom. The molecule has 2 N–H and O–H groups in total. The minimum absolute atomic E-state index is 0.0704. The molecule has 0 aliphatic rings. The van der Waals surface area contributed by atoms with Crippen molar-refractivity contribution in [2.75, 3.05) is 0 Å². The van der Waals surface area contributed by atoms with Crippen LogP contribution in [0.4, 0.5) is 0 Å². The highest BCUT2D eigenvalue weighted by atomic mass is 28.4. The average Bonchev–Trinajstić information content (AvgIpc) is 3.22. The molecule has 0 radical (unpaired) electrons.